The molecule has 0 aliphatic carbocycles. The fourth-order valence-electron chi connectivity index (χ4n) is 1.24. The predicted octanol–water partition coefficient (Wildman–Crippen LogP) is 2.95. The van der Waals surface area contributed by atoms with Gasteiger partial charge in [-0.05, 0) is 32.0 Å². The molecule has 0 radical (unpaired) electrons. The first-order valence-electron chi connectivity index (χ1n) is 4.89. The van der Waals surface area contributed by atoms with E-state index >= 15 is 0 Å². The summed E-state index contributed by atoms with van der Waals surface area (Å²) >= 11 is 5.83. The molecule has 15 heavy (non-hydrogen) atoms. The Morgan fingerprint density at radius 2 is 2.20 bits per heavy atom. The zero-order valence-corrected chi connectivity index (χ0v) is 9.60. The van der Waals surface area contributed by atoms with Crippen LogP contribution in [0.4, 0.5) is 5.69 Å². The lowest BCUT2D eigenvalue weighted by Crippen LogP contribution is -2.09. The van der Waals surface area contributed by atoms with Crippen molar-refractivity contribution in [2.75, 3.05) is 18.5 Å². The van der Waals surface area contributed by atoms with Crippen molar-refractivity contribution in [2.45, 2.75) is 13.8 Å². The van der Waals surface area contributed by atoms with Crippen molar-refractivity contribution >= 4 is 23.3 Å². The average molecular weight is 228 g/mol. The number of esters is 1. The van der Waals surface area contributed by atoms with Crippen molar-refractivity contribution in [3.05, 3.63) is 28.8 Å². The number of hydrogen-bond acceptors (Lipinski definition) is 3. The van der Waals surface area contributed by atoms with E-state index in [2.05, 4.69) is 5.32 Å². The highest BCUT2D eigenvalue weighted by Gasteiger charge is 2.12. The molecule has 1 rings (SSSR count). The van der Waals surface area contributed by atoms with Crippen molar-refractivity contribution < 1.29 is 9.53 Å². The zero-order valence-electron chi connectivity index (χ0n) is 8.84. The third kappa shape index (κ3) is 3.13. The molecule has 1 aromatic carbocycles. The highest BCUT2D eigenvalue weighted by atomic mass is 35.5. The second kappa shape index (κ2) is 5.61. The second-order valence-electron chi connectivity index (χ2n) is 2.94. The third-order valence-corrected chi connectivity index (χ3v) is 2.08. The summed E-state index contributed by atoms with van der Waals surface area (Å²) in [5.41, 5.74) is 1.23. The van der Waals surface area contributed by atoms with Crippen molar-refractivity contribution in [3.8, 4) is 0 Å². The average Bonchev–Trinajstić information content (AvgIpc) is 2.21. The Morgan fingerprint density at radius 1 is 1.47 bits per heavy atom. The largest absolute Gasteiger partial charge is 0.462 e. The molecule has 1 aromatic rings. The van der Waals surface area contributed by atoms with Crippen LogP contribution in [0.15, 0.2) is 18.2 Å². The van der Waals surface area contributed by atoms with Gasteiger partial charge in [-0.25, -0.2) is 4.79 Å². The Labute approximate surface area is 94.4 Å². The van der Waals surface area contributed by atoms with Gasteiger partial charge in [-0.15, -0.1) is 0 Å². The zero-order chi connectivity index (χ0) is 11.3. The molecule has 0 fully saturated rings. The minimum absolute atomic E-state index is 0.351. The molecule has 0 atom stereocenters. The molecule has 0 aliphatic rings. The van der Waals surface area contributed by atoms with E-state index in [0.29, 0.717) is 17.2 Å². The van der Waals surface area contributed by atoms with Gasteiger partial charge in [0.25, 0.3) is 0 Å². The molecular formula is C11H14ClNO2. The maximum absolute atomic E-state index is 11.6. The van der Waals surface area contributed by atoms with Gasteiger partial charge in [-0.3, -0.25) is 0 Å². The number of nitrogens with one attached hydrogen (secondary N) is 1. The van der Waals surface area contributed by atoms with Gasteiger partial charge in [0.15, 0.2) is 0 Å². The van der Waals surface area contributed by atoms with Crippen molar-refractivity contribution in [1.29, 1.82) is 0 Å². The Bertz CT molecular complexity index is 352. The van der Waals surface area contributed by atoms with Crippen LogP contribution in [0.1, 0.15) is 24.2 Å². The number of anilines is 1. The smallest absolute Gasteiger partial charge is 0.340 e. The molecule has 4 heteroatoms. The minimum Gasteiger partial charge on any atom is -0.462 e. The third-order valence-electron chi connectivity index (χ3n) is 1.84. The molecule has 0 amide bonds. The summed E-state index contributed by atoms with van der Waals surface area (Å²) in [6.45, 7) is 4.84. The highest BCUT2D eigenvalue weighted by Crippen LogP contribution is 2.21. The monoisotopic (exact) mass is 227 g/mol. The molecule has 0 heterocycles. The fraction of sp³-hybridized carbons (Fsp3) is 0.364. The molecule has 3 nitrogen and oxygen atoms in total. The van der Waals surface area contributed by atoms with E-state index in [9.17, 15) is 4.79 Å². The SMILES string of the molecule is CCNc1ccc(Cl)cc1C(=O)OCC. The van der Waals surface area contributed by atoms with Gasteiger partial charge in [0, 0.05) is 17.3 Å². The van der Waals surface area contributed by atoms with Crippen LogP contribution in [0.25, 0.3) is 0 Å². The van der Waals surface area contributed by atoms with E-state index in [4.69, 9.17) is 16.3 Å². The fourth-order valence-corrected chi connectivity index (χ4v) is 1.41. The molecular weight excluding hydrogens is 214 g/mol. The summed E-state index contributed by atoms with van der Waals surface area (Å²) < 4.78 is 4.93. The van der Waals surface area contributed by atoms with Crippen LogP contribution < -0.4 is 5.32 Å². The maximum atomic E-state index is 11.6. The van der Waals surface area contributed by atoms with E-state index in [1.54, 1.807) is 25.1 Å². The van der Waals surface area contributed by atoms with Crippen LogP contribution in [0.5, 0.6) is 0 Å². The van der Waals surface area contributed by atoms with Gasteiger partial charge >= 0.3 is 5.97 Å². The minimum atomic E-state index is -0.351. The Balaban J connectivity index is 3.00. The number of benzene rings is 1. The Kier molecular flexibility index (Phi) is 4.43. The van der Waals surface area contributed by atoms with Gasteiger partial charge in [0.05, 0.1) is 12.2 Å². The lowest BCUT2D eigenvalue weighted by atomic mass is 10.2. The van der Waals surface area contributed by atoms with Crippen LogP contribution in [0.3, 0.4) is 0 Å². The van der Waals surface area contributed by atoms with Crippen molar-refractivity contribution in [3.63, 3.8) is 0 Å². The Hall–Kier alpha value is -1.22. The number of ether oxygens (including phenoxy) is 1. The lowest BCUT2D eigenvalue weighted by Gasteiger charge is -2.09. The van der Waals surface area contributed by atoms with Gasteiger partial charge in [0.2, 0.25) is 0 Å². The van der Waals surface area contributed by atoms with E-state index in [0.717, 1.165) is 12.2 Å². The number of rotatable bonds is 4. The van der Waals surface area contributed by atoms with E-state index in [1.807, 2.05) is 6.92 Å². The lowest BCUT2D eigenvalue weighted by molar-refractivity contribution is 0.0527. The van der Waals surface area contributed by atoms with Gasteiger partial charge in [-0.1, -0.05) is 11.6 Å². The van der Waals surface area contributed by atoms with Crippen LogP contribution >= 0.6 is 11.6 Å². The molecule has 0 unspecified atom stereocenters. The van der Waals surface area contributed by atoms with E-state index in [-0.39, 0.29) is 5.97 Å². The van der Waals surface area contributed by atoms with Gasteiger partial charge in [0.1, 0.15) is 0 Å². The summed E-state index contributed by atoms with van der Waals surface area (Å²) in [7, 11) is 0. The standard InChI is InChI=1S/C11H14ClNO2/c1-3-13-10-6-5-8(12)7-9(10)11(14)15-4-2/h5-7,13H,3-4H2,1-2H3. The summed E-state index contributed by atoms with van der Waals surface area (Å²) in [6.07, 6.45) is 0. The van der Waals surface area contributed by atoms with Crippen molar-refractivity contribution in [2.24, 2.45) is 0 Å². The molecule has 1 N–H and O–H groups in total. The summed E-state index contributed by atoms with van der Waals surface area (Å²) in [4.78, 5) is 11.6. The summed E-state index contributed by atoms with van der Waals surface area (Å²) in [5, 5.41) is 3.61. The van der Waals surface area contributed by atoms with Crippen LogP contribution in [-0.4, -0.2) is 19.1 Å². The predicted molar refractivity (Wildman–Crippen MR) is 61.6 cm³/mol. The Morgan fingerprint density at radius 3 is 2.80 bits per heavy atom. The molecule has 0 aliphatic heterocycles. The van der Waals surface area contributed by atoms with Crippen LogP contribution in [-0.2, 0) is 4.74 Å². The van der Waals surface area contributed by atoms with Gasteiger partial charge < -0.3 is 10.1 Å². The van der Waals surface area contributed by atoms with E-state index in [1.165, 1.54) is 0 Å². The number of halogens is 1. The molecule has 82 valence electrons. The number of hydrogen-bond donors (Lipinski definition) is 1. The second-order valence-corrected chi connectivity index (χ2v) is 3.38. The molecule has 0 spiro atoms. The highest BCUT2D eigenvalue weighted by molar-refractivity contribution is 6.31. The summed E-state index contributed by atoms with van der Waals surface area (Å²) in [6, 6.07) is 5.12. The van der Waals surface area contributed by atoms with Crippen LogP contribution in [0, 0.1) is 0 Å². The molecule has 0 bridgehead atoms. The molecule has 0 saturated carbocycles. The first-order chi connectivity index (χ1) is 7.19. The molecule has 0 aromatic heterocycles. The normalized spacial score (nSPS) is 9.80. The summed E-state index contributed by atoms with van der Waals surface area (Å²) in [5.74, 6) is -0.351. The van der Waals surface area contributed by atoms with E-state index < -0.39 is 0 Å². The first kappa shape index (κ1) is 11.9. The molecule has 0 saturated heterocycles. The van der Waals surface area contributed by atoms with Crippen molar-refractivity contribution in [1.82, 2.24) is 0 Å². The maximum Gasteiger partial charge on any atom is 0.340 e. The first-order valence-corrected chi connectivity index (χ1v) is 5.27. The quantitative estimate of drug-likeness (QED) is 0.804. The topological polar surface area (TPSA) is 38.3 Å². The number of carbonyl (C=O) groups excluding carboxylic acids is 1. The number of carbonyl (C=O) groups is 1. The van der Waals surface area contributed by atoms with Gasteiger partial charge in [-0.2, -0.15) is 0 Å². The van der Waals surface area contributed by atoms with Crippen LogP contribution in [0.2, 0.25) is 5.02 Å².